The van der Waals surface area contributed by atoms with Crippen LogP contribution in [0.25, 0.3) is 78.9 Å². The van der Waals surface area contributed by atoms with Gasteiger partial charge < -0.3 is 4.90 Å². The number of rotatable bonds is 10. The van der Waals surface area contributed by atoms with Crippen LogP contribution < -0.4 is 4.90 Å². The lowest BCUT2D eigenvalue weighted by molar-refractivity contribution is 0.550. The Kier molecular flexibility index (Phi) is 10.8. The van der Waals surface area contributed by atoms with E-state index in [1.165, 1.54) is 132 Å². The van der Waals surface area contributed by atoms with Crippen LogP contribution in [-0.2, 0) is 5.41 Å². The highest BCUT2D eigenvalue weighted by atomic mass is 15.1. The minimum absolute atomic E-state index is 0.0228. The molecule has 0 bridgehead atoms. The number of anilines is 3. The molecular weight excluding hydrogens is 819 g/mol. The van der Waals surface area contributed by atoms with Crippen molar-refractivity contribution >= 4 is 29.2 Å². The summed E-state index contributed by atoms with van der Waals surface area (Å²) in [6.07, 6.45) is 9.44. The molecule has 1 spiro atoms. The molecule has 0 atom stereocenters. The zero-order valence-corrected chi connectivity index (χ0v) is 38.1. The van der Waals surface area contributed by atoms with E-state index >= 15 is 0 Å². The standard InChI is InChI=1S/C67H51N/c1-7-21-50(22-8-1)60-47-61(65(53-25-11-3-12-26-53)66(54-27-13-4-14-28-54)64(60)52-23-9-2-10-24-52)51-38-35-48(36-39-51)33-34-49-37-41-58-59-42-40-57(46-63(59)67(62(58)45-49)43-19-20-44-67)68(55-29-15-5-16-30-55)56-31-17-6-18-32-56/h1-18,21-42,45-47H,19-20,43-44H2/b34-33+. The van der Waals surface area contributed by atoms with Gasteiger partial charge in [-0.05, 0) is 144 Å². The van der Waals surface area contributed by atoms with Crippen molar-refractivity contribution in [3.05, 3.63) is 271 Å². The van der Waals surface area contributed by atoms with Gasteiger partial charge in [0.05, 0.1) is 0 Å². The number of benzene rings is 10. The van der Waals surface area contributed by atoms with Crippen molar-refractivity contribution in [3.8, 4) is 66.8 Å². The van der Waals surface area contributed by atoms with E-state index in [2.05, 4.69) is 266 Å². The van der Waals surface area contributed by atoms with Crippen molar-refractivity contribution in [1.82, 2.24) is 0 Å². The van der Waals surface area contributed by atoms with Crippen molar-refractivity contribution in [3.63, 3.8) is 0 Å². The van der Waals surface area contributed by atoms with E-state index in [0.29, 0.717) is 0 Å². The summed E-state index contributed by atoms with van der Waals surface area (Å²) < 4.78 is 0. The van der Waals surface area contributed by atoms with Crippen molar-refractivity contribution in [2.45, 2.75) is 31.1 Å². The van der Waals surface area contributed by atoms with Crippen LogP contribution in [0.5, 0.6) is 0 Å². The summed E-state index contributed by atoms with van der Waals surface area (Å²) in [6.45, 7) is 0. The number of hydrogen-bond acceptors (Lipinski definition) is 1. The largest absolute Gasteiger partial charge is 0.310 e. The minimum atomic E-state index is 0.0228. The smallest absolute Gasteiger partial charge is 0.0465 e. The Morgan fingerprint density at radius 2 is 0.691 bits per heavy atom. The minimum Gasteiger partial charge on any atom is -0.310 e. The van der Waals surface area contributed by atoms with Crippen molar-refractivity contribution in [2.75, 3.05) is 4.90 Å². The maximum atomic E-state index is 2.50. The molecule has 1 saturated carbocycles. The highest BCUT2D eigenvalue weighted by Gasteiger charge is 2.45. The summed E-state index contributed by atoms with van der Waals surface area (Å²) in [6, 6.07) is 91.2. The molecule has 2 aliphatic rings. The highest BCUT2D eigenvalue weighted by Crippen LogP contribution is 2.58. The maximum Gasteiger partial charge on any atom is 0.0465 e. The van der Waals surface area contributed by atoms with Gasteiger partial charge in [-0.1, -0.05) is 231 Å². The quantitative estimate of drug-likeness (QED) is 0.124. The van der Waals surface area contributed by atoms with Gasteiger partial charge in [-0.25, -0.2) is 0 Å². The second-order valence-electron chi connectivity index (χ2n) is 18.3. The third-order valence-corrected chi connectivity index (χ3v) is 14.4. The summed E-state index contributed by atoms with van der Waals surface area (Å²) in [5.74, 6) is 0. The number of nitrogens with zero attached hydrogens (tertiary/aromatic N) is 1. The summed E-state index contributed by atoms with van der Waals surface area (Å²) in [4.78, 5) is 2.40. The number of para-hydroxylation sites is 2. The van der Waals surface area contributed by atoms with E-state index in [9.17, 15) is 0 Å². The third kappa shape index (κ3) is 7.47. The summed E-state index contributed by atoms with van der Waals surface area (Å²) in [5.41, 5.74) is 23.8. The van der Waals surface area contributed by atoms with Gasteiger partial charge in [0, 0.05) is 22.5 Å². The van der Waals surface area contributed by atoms with Crippen LogP contribution in [0.15, 0.2) is 249 Å². The predicted octanol–water partition coefficient (Wildman–Crippen LogP) is 18.5. The molecule has 10 aromatic carbocycles. The van der Waals surface area contributed by atoms with Crippen molar-refractivity contribution in [2.24, 2.45) is 0 Å². The second kappa shape index (κ2) is 17.9. The average molecular weight is 870 g/mol. The van der Waals surface area contributed by atoms with E-state index in [0.717, 1.165) is 0 Å². The molecule has 0 aliphatic heterocycles. The second-order valence-corrected chi connectivity index (χ2v) is 18.3. The molecule has 68 heavy (non-hydrogen) atoms. The van der Waals surface area contributed by atoms with Gasteiger partial charge in [-0.2, -0.15) is 0 Å². The molecule has 0 N–H and O–H groups in total. The van der Waals surface area contributed by atoms with E-state index in [1.54, 1.807) is 0 Å². The zero-order valence-electron chi connectivity index (χ0n) is 38.1. The Morgan fingerprint density at radius 1 is 0.294 bits per heavy atom. The molecule has 0 unspecified atom stereocenters. The predicted molar refractivity (Wildman–Crippen MR) is 288 cm³/mol. The van der Waals surface area contributed by atoms with Gasteiger partial charge in [0.1, 0.15) is 0 Å². The molecule has 0 amide bonds. The van der Waals surface area contributed by atoms with E-state index < -0.39 is 0 Å². The Balaban J connectivity index is 0.925. The average Bonchev–Trinajstić information content (AvgIpc) is 4.02. The third-order valence-electron chi connectivity index (χ3n) is 14.4. The van der Waals surface area contributed by atoms with Gasteiger partial charge in [0.25, 0.3) is 0 Å². The van der Waals surface area contributed by atoms with Gasteiger partial charge >= 0.3 is 0 Å². The molecule has 1 nitrogen and oxygen atoms in total. The molecule has 0 heterocycles. The fourth-order valence-corrected chi connectivity index (χ4v) is 11.3. The SMILES string of the molecule is C(=C\c1ccc2c(c1)C1(CCCC1)c1cc(N(c3ccccc3)c3ccccc3)ccc1-2)/c1ccc(-c2cc(-c3ccccc3)c(-c3ccccc3)c(-c3ccccc3)c2-c2ccccc2)cc1. The van der Waals surface area contributed by atoms with Gasteiger partial charge in [0.15, 0.2) is 0 Å². The fraction of sp³-hybridized carbons (Fsp3) is 0.0746. The summed E-state index contributed by atoms with van der Waals surface area (Å²) >= 11 is 0. The molecule has 0 radical (unpaired) electrons. The Morgan fingerprint density at radius 3 is 1.21 bits per heavy atom. The van der Waals surface area contributed by atoms with Crippen LogP contribution in [0, 0.1) is 0 Å². The van der Waals surface area contributed by atoms with Crippen LogP contribution in [0.2, 0.25) is 0 Å². The molecule has 1 heteroatoms. The first-order chi connectivity index (χ1) is 33.7. The van der Waals surface area contributed by atoms with E-state index in [-0.39, 0.29) is 5.41 Å². The molecule has 1 fully saturated rings. The maximum absolute atomic E-state index is 2.50. The van der Waals surface area contributed by atoms with Crippen LogP contribution >= 0.6 is 0 Å². The molecule has 2 aliphatic carbocycles. The van der Waals surface area contributed by atoms with Crippen LogP contribution in [-0.4, -0.2) is 0 Å². The first-order valence-corrected chi connectivity index (χ1v) is 24.1. The molecule has 0 aromatic heterocycles. The van der Waals surface area contributed by atoms with Gasteiger partial charge in [-0.15, -0.1) is 0 Å². The highest BCUT2D eigenvalue weighted by molar-refractivity contribution is 6.07. The molecule has 10 aromatic rings. The van der Waals surface area contributed by atoms with E-state index in [4.69, 9.17) is 0 Å². The Labute approximate surface area is 401 Å². The lowest BCUT2D eigenvalue weighted by atomic mass is 9.76. The first-order valence-electron chi connectivity index (χ1n) is 24.1. The molecule has 0 saturated heterocycles. The Bertz CT molecular complexity index is 3350. The number of fused-ring (bicyclic) bond motifs is 5. The zero-order chi connectivity index (χ0) is 45.3. The van der Waals surface area contributed by atoms with Crippen molar-refractivity contribution < 1.29 is 0 Å². The normalized spacial score (nSPS) is 13.4. The van der Waals surface area contributed by atoms with E-state index in [1.807, 2.05) is 0 Å². The summed E-state index contributed by atoms with van der Waals surface area (Å²) in [7, 11) is 0. The lowest BCUT2D eigenvalue weighted by Crippen LogP contribution is -2.21. The van der Waals surface area contributed by atoms with Crippen LogP contribution in [0.4, 0.5) is 17.1 Å². The fourth-order valence-electron chi connectivity index (χ4n) is 11.3. The number of hydrogen-bond donors (Lipinski definition) is 0. The van der Waals surface area contributed by atoms with Crippen molar-refractivity contribution in [1.29, 1.82) is 0 Å². The topological polar surface area (TPSA) is 3.24 Å². The summed E-state index contributed by atoms with van der Waals surface area (Å²) in [5, 5.41) is 0. The Hall–Kier alpha value is -8.26. The van der Waals surface area contributed by atoms with Crippen LogP contribution in [0.1, 0.15) is 47.9 Å². The molecule has 324 valence electrons. The molecular formula is C67H51N. The van der Waals surface area contributed by atoms with Crippen LogP contribution in [0.3, 0.4) is 0 Å². The van der Waals surface area contributed by atoms with Gasteiger partial charge in [0.2, 0.25) is 0 Å². The lowest BCUT2D eigenvalue weighted by Gasteiger charge is -2.30. The van der Waals surface area contributed by atoms with Gasteiger partial charge in [-0.3, -0.25) is 0 Å². The first kappa shape index (κ1) is 41.2. The molecule has 12 rings (SSSR count). The monoisotopic (exact) mass is 869 g/mol.